The van der Waals surface area contributed by atoms with Crippen molar-refractivity contribution >= 4 is 26.8 Å². The highest BCUT2D eigenvalue weighted by Gasteiger charge is 2.17. The first-order chi connectivity index (χ1) is 11.0. The maximum Gasteiger partial charge on any atom is 0.266 e. The molecule has 7 heteroatoms. The van der Waals surface area contributed by atoms with Crippen LogP contribution in [0, 0.1) is 6.92 Å². The second-order valence-electron chi connectivity index (χ2n) is 5.10. The molecule has 0 radical (unpaired) electrons. The summed E-state index contributed by atoms with van der Waals surface area (Å²) >= 11 is 0. The molecule has 0 aliphatic carbocycles. The van der Waals surface area contributed by atoms with Gasteiger partial charge in [-0.2, -0.15) is 0 Å². The second kappa shape index (κ2) is 5.86. The lowest BCUT2D eigenvalue weighted by Gasteiger charge is -2.10. The Morgan fingerprint density at radius 1 is 1.09 bits per heavy atom. The zero-order valence-corrected chi connectivity index (χ0v) is 13.1. The first-order valence-electron chi connectivity index (χ1n) is 6.92. The van der Waals surface area contributed by atoms with Crippen molar-refractivity contribution in [1.29, 1.82) is 0 Å². The van der Waals surface area contributed by atoms with Crippen LogP contribution in [-0.2, 0) is 10.0 Å². The van der Waals surface area contributed by atoms with Gasteiger partial charge in [-0.05, 0) is 42.8 Å². The van der Waals surface area contributed by atoms with Gasteiger partial charge >= 0.3 is 0 Å². The number of amides is 1. The molecule has 0 spiro atoms. The Kier molecular flexibility index (Phi) is 3.89. The van der Waals surface area contributed by atoms with Crippen LogP contribution in [-0.4, -0.2) is 19.3 Å². The van der Waals surface area contributed by atoms with E-state index in [9.17, 15) is 13.2 Å². The lowest BCUT2D eigenvalue weighted by atomic mass is 10.1. The van der Waals surface area contributed by atoms with E-state index in [0.717, 1.165) is 10.9 Å². The summed E-state index contributed by atoms with van der Waals surface area (Å²) < 4.78 is 24.5. The van der Waals surface area contributed by atoms with E-state index in [1.165, 1.54) is 6.07 Å². The first kappa shape index (κ1) is 15.3. The highest BCUT2D eigenvalue weighted by atomic mass is 32.2. The fourth-order valence-electron chi connectivity index (χ4n) is 2.29. The van der Waals surface area contributed by atoms with Crippen LogP contribution in [0.1, 0.15) is 15.9 Å². The Balaban J connectivity index is 1.77. The number of fused-ring (bicyclic) bond motifs is 1. The van der Waals surface area contributed by atoms with E-state index in [1.807, 2.05) is 6.07 Å². The predicted octanol–water partition coefficient (Wildman–Crippen LogP) is 2.10. The topological polar surface area (TPSA) is 91.1 Å². The molecule has 118 valence electrons. The van der Waals surface area contributed by atoms with Gasteiger partial charge in [0.2, 0.25) is 0 Å². The number of hydrogen-bond acceptors (Lipinski definition) is 3. The van der Waals surface area contributed by atoms with Crippen molar-refractivity contribution in [3.8, 4) is 0 Å². The summed E-state index contributed by atoms with van der Waals surface area (Å²) in [6.45, 7) is 1.69. The molecule has 0 saturated carbocycles. The molecular formula is C16H15N3O3S. The van der Waals surface area contributed by atoms with Gasteiger partial charge in [-0.25, -0.2) is 8.42 Å². The molecule has 0 aliphatic heterocycles. The van der Waals surface area contributed by atoms with E-state index >= 15 is 0 Å². The fraction of sp³-hybridized carbons (Fsp3) is 0.0625. The Hall–Kier alpha value is -2.64. The molecule has 3 aromatic rings. The van der Waals surface area contributed by atoms with Gasteiger partial charge in [0.05, 0.1) is 4.90 Å². The molecule has 0 fully saturated rings. The smallest absolute Gasteiger partial charge is 0.266 e. The molecule has 1 aromatic heterocycles. The lowest BCUT2D eigenvalue weighted by Crippen LogP contribution is -2.41. The van der Waals surface area contributed by atoms with Gasteiger partial charge in [-0.15, -0.1) is 4.83 Å². The molecule has 0 unspecified atom stereocenters. The number of aromatic nitrogens is 1. The summed E-state index contributed by atoms with van der Waals surface area (Å²) in [7, 11) is -3.81. The van der Waals surface area contributed by atoms with E-state index < -0.39 is 15.9 Å². The van der Waals surface area contributed by atoms with Gasteiger partial charge in [0.1, 0.15) is 0 Å². The number of rotatable bonds is 4. The highest BCUT2D eigenvalue weighted by molar-refractivity contribution is 7.89. The largest absolute Gasteiger partial charge is 0.361 e. The zero-order valence-electron chi connectivity index (χ0n) is 12.3. The number of hydrogen-bond donors (Lipinski definition) is 3. The Labute approximate surface area is 133 Å². The molecule has 1 heterocycles. The van der Waals surface area contributed by atoms with Crippen molar-refractivity contribution in [3.63, 3.8) is 0 Å². The van der Waals surface area contributed by atoms with Crippen molar-refractivity contribution in [2.45, 2.75) is 11.8 Å². The molecule has 0 atom stereocenters. The Morgan fingerprint density at radius 3 is 2.65 bits per heavy atom. The molecule has 3 N–H and O–H groups in total. The molecule has 3 rings (SSSR count). The van der Waals surface area contributed by atoms with E-state index in [1.54, 1.807) is 49.5 Å². The van der Waals surface area contributed by atoms with E-state index in [4.69, 9.17) is 0 Å². The van der Waals surface area contributed by atoms with Crippen LogP contribution in [0.2, 0.25) is 0 Å². The maximum atomic E-state index is 12.2. The number of aryl methyl sites for hydroxylation is 1. The van der Waals surface area contributed by atoms with Crippen LogP contribution in [0.3, 0.4) is 0 Å². The number of sulfonamides is 1. The van der Waals surface area contributed by atoms with Crippen LogP contribution in [0.4, 0.5) is 0 Å². The van der Waals surface area contributed by atoms with Crippen molar-refractivity contribution in [1.82, 2.24) is 15.2 Å². The van der Waals surface area contributed by atoms with Gasteiger partial charge < -0.3 is 4.98 Å². The summed E-state index contributed by atoms with van der Waals surface area (Å²) in [6, 6.07) is 13.5. The number of H-pyrrole nitrogens is 1. The SMILES string of the molecule is Cc1ccccc1S(=O)(=O)NNC(=O)c1ccc2[nH]ccc2c1. The minimum Gasteiger partial charge on any atom is -0.361 e. The third kappa shape index (κ3) is 3.10. The van der Waals surface area contributed by atoms with Crippen molar-refractivity contribution in [2.24, 2.45) is 0 Å². The van der Waals surface area contributed by atoms with Crippen LogP contribution in [0.25, 0.3) is 10.9 Å². The normalized spacial score (nSPS) is 11.5. The summed E-state index contributed by atoms with van der Waals surface area (Å²) in [5.41, 5.74) is 4.10. The third-order valence-corrected chi connectivity index (χ3v) is 4.91. The van der Waals surface area contributed by atoms with Gasteiger partial charge in [0.15, 0.2) is 0 Å². The molecule has 0 bridgehead atoms. The number of nitrogens with one attached hydrogen (secondary N) is 3. The molecule has 1 amide bonds. The Bertz CT molecular complexity index is 977. The molecular weight excluding hydrogens is 314 g/mol. The summed E-state index contributed by atoms with van der Waals surface area (Å²) in [5, 5.41) is 0.874. The lowest BCUT2D eigenvalue weighted by molar-refractivity contribution is 0.0945. The van der Waals surface area contributed by atoms with Crippen LogP contribution in [0.5, 0.6) is 0 Å². The molecule has 23 heavy (non-hydrogen) atoms. The molecule has 0 saturated heterocycles. The average Bonchev–Trinajstić information content (AvgIpc) is 3.00. The predicted molar refractivity (Wildman–Crippen MR) is 87.3 cm³/mol. The zero-order chi connectivity index (χ0) is 16.4. The minimum absolute atomic E-state index is 0.126. The minimum atomic E-state index is -3.81. The quantitative estimate of drug-likeness (QED) is 0.640. The fourth-order valence-corrected chi connectivity index (χ4v) is 3.38. The number of benzene rings is 2. The van der Waals surface area contributed by atoms with E-state index in [-0.39, 0.29) is 4.90 Å². The Morgan fingerprint density at radius 2 is 1.87 bits per heavy atom. The number of aromatic amines is 1. The van der Waals surface area contributed by atoms with Gasteiger partial charge in [-0.1, -0.05) is 18.2 Å². The standard InChI is InChI=1S/C16H15N3O3S/c1-11-4-2-3-5-15(11)23(21,22)19-18-16(20)13-6-7-14-12(10-13)8-9-17-14/h2-10,17,19H,1H3,(H,18,20). The van der Waals surface area contributed by atoms with Crippen molar-refractivity contribution in [2.75, 3.05) is 0 Å². The summed E-state index contributed by atoms with van der Waals surface area (Å²) in [5.74, 6) is -0.523. The maximum absolute atomic E-state index is 12.2. The summed E-state index contributed by atoms with van der Waals surface area (Å²) in [4.78, 5) is 17.4. The molecule has 0 aliphatic rings. The van der Waals surface area contributed by atoms with Crippen molar-refractivity contribution in [3.05, 3.63) is 65.9 Å². The van der Waals surface area contributed by atoms with Crippen molar-refractivity contribution < 1.29 is 13.2 Å². The van der Waals surface area contributed by atoms with Gasteiger partial charge in [0, 0.05) is 22.7 Å². The monoisotopic (exact) mass is 329 g/mol. The van der Waals surface area contributed by atoms with Crippen LogP contribution < -0.4 is 10.3 Å². The first-order valence-corrected chi connectivity index (χ1v) is 8.40. The molecule has 2 aromatic carbocycles. The summed E-state index contributed by atoms with van der Waals surface area (Å²) in [6.07, 6.45) is 1.77. The average molecular weight is 329 g/mol. The van der Waals surface area contributed by atoms with E-state index in [0.29, 0.717) is 11.1 Å². The van der Waals surface area contributed by atoms with Crippen LogP contribution >= 0.6 is 0 Å². The van der Waals surface area contributed by atoms with Gasteiger partial charge in [0.25, 0.3) is 15.9 Å². The van der Waals surface area contributed by atoms with Gasteiger partial charge in [-0.3, -0.25) is 10.2 Å². The highest BCUT2D eigenvalue weighted by Crippen LogP contribution is 2.15. The third-order valence-electron chi connectivity index (χ3n) is 3.50. The second-order valence-corrected chi connectivity index (χ2v) is 6.76. The van der Waals surface area contributed by atoms with E-state index in [2.05, 4.69) is 15.2 Å². The number of carbonyl (C=O) groups excluding carboxylic acids is 1. The number of hydrazine groups is 1. The van der Waals surface area contributed by atoms with Crippen LogP contribution in [0.15, 0.2) is 59.6 Å². The molecule has 6 nitrogen and oxygen atoms in total. The number of carbonyl (C=O) groups is 1.